The van der Waals surface area contributed by atoms with Crippen LogP contribution in [0.2, 0.25) is 10.0 Å². The summed E-state index contributed by atoms with van der Waals surface area (Å²) in [6, 6.07) is 11.6. The Bertz CT molecular complexity index is 704. The lowest BCUT2D eigenvalue weighted by Crippen LogP contribution is -2.16. The Morgan fingerprint density at radius 2 is 1.69 bits per heavy atom. The third kappa shape index (κ3) is 6.71. The summed E-state index contributed by atoms with van der Waals surface area (Å²) in [5.41, 5.74) is 2.14. The molecule has 0 fully saturated rings. The van der Waals surface area contributed by atoms with Crippen LogP contribution in [-0.4, -0.2) is 13.2 Å². The van der Waals surface area contributed by atoms with Crippen LogP contribution in [0.3, 0.4) is 0 Å². The second kappa shape index (κ2) is 10.7. The van der Waals surface area contributed by atoms with E-state index in [-0.39, 0.29) is 0 Å². The lowest BCUT2D eigenvalue weighted by atomic mass is 10.1. The summed E-state index contributed by atoms with van der Waals surface area (Å²) in [6.07, 6.45) is 1.17. The van der Waals surface area contributed by atoms with Crippen molar-refractivity contribution in [3.05, 3.63) is 57.6 Å². The zero-order chi connectivity index (χ0) is 18.9. The molecule has 0 aliphatic carbocycles. The number of halogens is 2. The van der Waals surface area contributed by atoms with Gasteiger partial charge in [0.15, 0.2) is 11.5 Å². The third-order valence-corrected chi connectivity index (χ3v) is 4.65. The fourth-order valence-electron chi connectivity index (χ4n) is 2.46. The normalized spacial score (nSPS) is 11.0. The van der Waals surface area contributed by atoms with Gasteiger partial charge >= 0.3 is 0 Å². The van der Waals surface area contributed by atoms with E-state index in [0.29, 0.717) is 29.2 Å². The molecule has 0 heterocycles. The first kappa shape index (κ1) is 20.9. The smallest absolute Gasteiger partial charge is 0.161 e. The number of hydrogen-bond donors (Lipinski definition) is 1. The van der Waals surface area contributed by atoms with E-state index in [0.717, 1.165) is 30.2 Å². The molecule has 0 spiro atoms. The van der Waals surface area contributed by atoms with Crippen molar-refractivity contribution in [3.8, 4) is 11.5 Å². The van der Waals surface area contributed by atoms with Crippen molar-refractivity contribution >= 4 is 23.2 Å². The van der Waals surface area contributed by atoms with Crippen LogP contribution in [0, 0.1) is 5.92 Å². The SMILES string of the molecule is CCOc1cc(CNCCC(C)C)ccc1OCc1ccc(Cl)c(Cl)c1. The van der Waals surface area contributed by atoms with Gasteiger partial charge in [-0.15, -0.1) is 0 Å². The molecule has 142 valence electrons. The van der Waals surface area contributed by atoms with Crippen molar-refractivity contribution in [1.82, 2.24) is 5.32 Å². The summed E-state index contributed by atoms with van der Waals surface area (Å²) in [7, 11) is 0. The Morgan fingerprint density at radius 3 is 2.38 bits per heavy atom. The van der Waals surface area contributed by atoms with Gasteiger partial charge in [-0.2, -0.15) is 0 Å². The van der Waals surface area contributed by atoms with E-state index in [1.165, 1.54) is 12.0 Å². The quantitative estimate of drug-likeness (QED) is 0.492. The number of rotatable bonds is 10. The third-order valence-electron chi connectivity index (χ3n) is 3.91. The highest BCUT2D eigenvalue weighted by Crippen LogP contribution is 2.30. The maximum atomic E-state index is 6.06. The predicted octanol–water partition coefficient (Wildman–Crippen LogP) is 6.11. The van der Waals surface area contributed by atoms with Crippen LogP contribution in [0.15, 0.2) is 36.4 Å². The van der Waals surface area contributed by atoms with E-state index in [1.54, 1.807) is 6.07 Å². The molecule has 26 heavy (non-hydrogen) atoms. The van der Waals surface area contributed by atoms with Gasteiger partial charge in [0.25, 0.3) is 0 Å². The molecule has 0 radical (unpaired) electrons. The first-order valence-electron chi connectivity index (χ1n) is 9.02. The van der Waals surface area contributed by atoms with Gasteiger partial charge in [-0.05, 0) is 61.2 Å². The van der Waals surface area contributed by atoms with Gasteiger partial charge in [0, 0.05) is 6.54 Å². The molecule has 0 unspecified atom stereocenters. The van der Waals surface area contributed by atoms with Crippen LogP contribution in [0.5, 0.6) is 11.5 Å². The molecule has 0 bridgehead atoms. The minimum absolute atomic E-state index is 0.406. The highest BCUT2D eigenvalue weighted by Gasteiger charge is 2.08. The Hall–Kier alpha value is -1.42. The zero-order valence-corrected chi connectivity index (χ0v) is 17.2. The fraction of sp³-hybridized carbons (Fsp3) is 0.429. The van der Waals surface area contributed by atoms with Crippen molar-refractivity contribution in [2.45, 2.75) is 40.3 Å². The summed E-state index contributed by atoms with van der Waals surface area (Å²) < 4.78 is 11.7. The maximum Gasteiger partial charge on any atom is 0.161 e. The monoisotopic (exact) mass is 395 g/mol. The average molecular weight is 396 g/mol. The molecule has 0 atom stereocenters. The van der Waals surface area contributed by atoms with Crippen molar-refractivity contribution in [1.29, 1.82) is 0 Å². The van der Waals surface area contributed by atoms with E-state index < -0.39 is 0 Å². The highest BCUT2D eigenvalue weighted by atomic mass is 35.5. The second-order valence-corrected chi connectivity index (χ2v) is 7.42. The van der Waals surface area contributed by atoms with E-state index in [4.69, 9.17) is 32.7 Å². The number of ether oxygens (including phenoxy) is 2. The van der Waals surface area contributed by atoms with Crippen LogP contribution in [0.4, 0.5) is 0 Å². The van der Waals surface area contributed by atoms with Gasteiger partial charge < -0.3 is 14.8 Å². The number of hydrogen-bond acceptors (Lipinski definition) is 3. The second-order valence-electron chi connectivity index (χ2n) is 6.61. The Kier molecular flexibility index (Phi) is 8.56. The molecule has 2 rings (SSSR count). The van der Waals surface area contributed by atoms with Gasteiger partial charge in [-0.3, -0.25) is 0 Å². The van der Waals surface area contributed by atoms with Crippen molar-refractivity contribution in [2.75, 3.05) is 13.2 Å². The summed E-state index contributed by atoms with van der Waals surface area (Å²) in [5, 5.41) is 4.54. The lowest BCUT2D eigenvalue weighted by molar-refractivity contribution is 0.269. The van der Waals surface area contributed by atoms with Crippen LogP contribution in [0.25, 0.3) is 0 Å². The van der Waals surface area contributed by atoms with Gasteiger partial charge in [0.1, 0.15) is 6.61 Å². The summed E-state index contributed by atoms with van der Waals surface area (Å²) in [5.74, 6) is 2.19. The lowest BCUT2D eigenvalue weighted by Gasteiger charge is -2.14. The Balaban J connectivity index is 1.99. The Labute approximate surface area is 166 Å². The first-order chi connectivity index (χ1) is 12.5. The maximum absolute atomic E-state index is 6.06. The fourth-order valence-corrected chi connectivity index (χ4v) is 2.78. The van der Waals surface area contributed by atoms with Gasteiger partial charge in [-0.25, -0.2) is 0 Å². The van der Waals surface area contributed by atoms with Gasteiger partial charge in [-0.1, -0.05) is 49.2 Å². The molecular formula is C21H27Cl2NO2. The summed E-state index contributed by atoms with van der Waals surface area (Å²) >= 11 is 12.0. The molecule has 0 saturated carbocycles. The van der Waals surface area contributed by atoms with Crippen molar-refractivity contribution in [2.24, 2.45) is 5.92 Å². The van der Waals surface area contributed by atoms with E-state index in [9.17, 15) is 0 Å². The van der Waals surface area contributed by atoms with Crippen LogP contribution in [-0.2, 0) is 13.2 Å². The first-order valence-corrected chi connectivity index (χ1v) is 9.78. The van der Waals surface area contributed by atoms with E-state index in [2.05, 4.69) is 25.2 Å². The molecule has 2 aromatic carbocycles. The number of nitrogens with one attached hydrogen (secondary N) is 1. The largest absolute Gasteiger partial charge is 0.490 e. The zero-order valence-electron chi connectivity index (χ0n) is 15.6. The molecule has 5 heteroatoms. The van der Waals surface area contributed by atoms with E-state index in [1.807, 2.05) is 31.2 Å². The molecule has 2 aromatic rings. The average Bonchev–Trinajstić information content (AvgIpc) is 2.61. The minimum Gasteiger partial charge on any atom is -0.490 e. The topological polar surface area (TPSA) is 30.5 Å². The molecule has 0 aromatic heterocycles. The van der Waals surface area contributed by atoms with Gasteiger partial charge in [0.05, 0.1) is 16.7 Å². The summed E-state index contributed by atoms with van der Waals surface area (Å²) in [6.45, 7) is 9.26. The summed E-state index contributed by atoms with van der Waals surface area (Å²) in [4.78, 5) is 0. The number of benzene rings is 2. The van der Waals surface area contributed by atoms with Crippen LogP contribution in [0.1, 0.15) is 38.3 Å². The molecule has 1 N–H and O–H groups in total. The van der Waals surface area contributed by atoms with Gasteiger partial charge in [0.2, 0.25) is 0 Å². The van der Waals surface area contributed by atoms with Crippen LogP contribution < -0.4 is 14.8 Å². The van der Waals surface area contributed by atoms with Crippen LogP contribution >= 0.6 is 23.2 Å². The standard InChI is InChI=1S/C21H27Cl2NO2/c1-4-25-21-12-16(13-24-10-9-15(2)3)6-8-20(21)26-14-17-5-7-18(22)19(23)11-17/h5-8,11-12,15,24H,4,9-10,13-14H2,1-3H3. The molecule has 0 aliphatic heterocycles. The van der Waals surface area contributed by atoms with Crippen molar-refractivity contribution in [3.63, 3.8) is 0 Å². The van der Waals surface area contributed by atoms with E-state index >= 15 is 0 Å². The molecule has 0 saturated heterocycles. The Morgan fingerprint density at radius 1 is 0.923 bits per heavy atom. The minimum atomic E-state index is 0.406. The molecular weight excluding hydrogens is 369 g/mol. The van der Waals surface area contributed by atoms with Crippen molar-refractivity contribution < 1.29 is 9.47 Å². The molecule has 0 amide bonds. The highest BCUT2D eigenvalue weighted by molar-refractivity contribution is 6.42. The molecule has 0 aliphatic rings. The predicted molar refractivity (Wildman–Crippen MR) is 110 cm³/mol. The molecule has 3 nitrogen and oxygen atoms in total.